The molecule has 0 rings (SSSR count). The van der Waals surface area contributed by atoms with E-state index in [9.17, 15) is 4.79 Å². The predicted molar refractivity (Wildman–Crippen MR) is 48.1 cm³/mol. The molecule has 0 saturated heterocycles. The number of thiol groups is 1. The SMILES string of the molecule is CC(C)C(NCCS)C(=O)O. The average molecular weight is 177 g/mol. The summed E-state index contributed by atoms with van der Waals surface area (Å²) >= 11 is 3.98. The van der Waals surface area contributed by atoms with Crippen molar-refractivity contribution in [2.45, 2.75) is 19.9 Å². The van der Waals surface area contributed by atoms with Crippen molar-refractivity contribution in [1.29, 1.82) is 0 Å². The highest BCUT2D eigenvalue weighted by atomic mass is 32.1. The predicted octanol–water partition coefficient (Wildman–Crippen LogP) is 0.615. The summed E-state index contributed by atoms with van der Waals surface area (Å²) in [5.74, 6) is -0.00887. The van der Waals surface area contributed by atoms with Crippen LogP contribution in [0.15, 0.2) is 0 Å². The van der Waals surface area contributed by atoms with Crippen LogP contribution < -0.4 is 5.32 Å². The van der Waals surface area contributed by atoms with Crippen LogP contribution in [0, 0.1) is 5.92 Å². The maximum absolute atomic E-state index is 10.6. The second-order valence-corrected chi connectivity index (χ2v) is 3.18. The van der Waals surface area contributed by atoms with E-state index in [-0.39, 0.29) is 5.92 Å². The van der Waals surface area contributed by atoms with Crippen molar-refractivity contribution in [2.24, 2.45) is 5.92 Å². The molecule has 0 bridgehead atoms. The molecule has 0 radical (unpaired) electrons. The average Bonchev–Trinajstić information content (AvgIpc) is 1.87. The molecule has 0 saturated carbocycles. The molecule has 11 heavy (non-hydrogen) atoms. The smallest absolute Gasteiger partial charge is 0.320 e. The zero-order chi connectivity index (χ0) is 8.85. The number of hydrogen-bond acceptors (Lipinski definition) is 3. The van der Waals surface area contributed by atoms with Crippen LogP contribution in [0.25, 0.3) is 0 Å². The van der Waals surface area contributed by atoms with Gasteiger partial charge in [0, 0.05) is 12.3 Å². The lowest BCUT2D eigenvalue weighted by atomic mass is 10.1. The highest BCUT2D eigenvalue weighted by Crippen LogP contribution is 2.00. The van der Waals surface area contributed by atoms with Crippen molar-refractivity contribution < 1.29 is 9.90 Å². The van der Waals surface area contributed by atoms with Gasteiger partial charge in [-0.1, -0.05) is 13.8 Å². The van der Waals surface area contributed by atoms with Gasteiger partial charge in [-0.3, -0.25) is 4.79 Å². The quantitative estimate of drug-likeness (QED) is 0.539. The molecule has 0 aliphatic heterocycles. The number of carboxylic acids is 1. The summed E-state index contributed by atoms with van der Waals surface area (Å²) in [6.45, 7) is 4.40. The molecule has 0 aromatic rings. The normalized spacial score (nSPS) is 13.5. The lowest BCUT2D eigenvalue weighted by Gasteiger charge is -2.16. The van der Waals surface area contributed by atoms with Gasteiger partial charge < -0.3 is 10.4 Å². The third-order valence-electron chi connectivity index (χ3n) is 1.41. The van der Waals surface area contributed by atoms with Gasteiger partial charge in [0.05, 0.1) is 0 Å². The van der Waals surface area contributed by atoms with Crippen molar-refractivity contribution in [3.63, 3.8) is 0 Å². The monoisotopic (exact) mass is 177 g/mol. The van der Waals surface area contributed by atoms with E-state index in [1.54, 1.807) is 0 Å². The first-order valence-electron chi connectivity index (χ1n) is 3.66. The molecule has 0 spiro atoms. The van der Waals surface area contributed by atoms with Gasteiger partial charge in [-0.05, 0) is 5.92 Å². The first-order chi connectivity index (χ1) is 5.09. The molecule has 0 amide bonds. The number of carbonyl (C=O) groups is 1. The van der Waals surface area contributed by atoms with E-state index < -0.39 is 12.0 Å². The number of rotatable bonds is 5. The molecule has 0 aromatic heterocycles. The maximum atomic E-state index is 10.6. The molecule has 1 atom stereocenters. The lowest BCUT2D eigenvalue weighted by Crippen LogP contribution is -2.41. The Hall–Kier alpha value is -0.220. The molecular weight excluding hydrogens is 162 g/mol. The zero-order valence-corrected chi connectivity index (χ0v) is 7.77. The minimum absolute atomic E-state index is 0.118. The third kappa shape index (κ3) is 4.27. The number of aliphatic carboxylic acids is 1. The fourth-order valence-electron chi connectivity index (χ4n) is 0.828. The minimum atomic E-state index is -0.790. The van der Waals surface area contributed by atoms with E-state index in [1.165, 1.54) is 0 Å². The largest absolute Gasteiger partial charge is 0.480 e. The Bertz CT molecular complexity index is 128. The Balaban J connectivity index is 3.80. The van der Waals surface area contributed by atoms with E-state index in [4.69, 9.17) is 5.11 Å². The Morgan fingerprint density at radius 1 is 1.64 bits per heavy atom. The zero-order valence-electron chi connectivity index (χ0n) is 6.87. The molecular formula is C7H15NO2S. The van der Waals surface area contributed by atoms with Crippen LogP contribution in [-0.2, 0) is 4.79 Å². The van der Waals surface area contributed by atoms with Crippen molar-refractivity contribution in [3.8, 4) is 0 Å². The molecule has 0 heterocycles. The Morgan fingerprint density at radius 2 is 2.18 bits per heavy atom. The fourth-order valence-corrected chi connectivity index (χ4v) is 0.957. The van der Waals surface area contributed by atoms with Crippen molar-refractivity contribution in [1.82, 2.24) is 5.32 Å². The summed E-state index contributed by atoms with van der Waals surface area (Å²) in [4.78, 5) is 10.6. The summed E-state index contributed by atoms with van der Waals surface area (Å²) in [6, 6.07) is -0.442. The molecule has 1 unspecified atom stereocenters. The van der Waals surface area contributed by atoms with E-state index in [2.05, 4.69) is 17.9 Å². The summed E-state index contributed by atoms with van der Waals surface area (Å²) in [6.07, 6.45) is 0. The second kappa shape index (κ2) is 5.43. The van der Waals surface area contributed by atoms with Gasteiger partial charge in [0.1, 0.15) is 6.04 Å². The van der Waals surface area contributed by atoms with E-state index in [1.807, 2.05) is 13.8 Å². The summed E-state index contributed by atoms with van der Waals surface area (Å²) in [7, 11) is 0. The van der Waals surface area contributed by atoms with Gasteiger partial charge >= 0.3 is 5.97 Å². The van der Waals surface area contributed by atoms with Crippen LogP contribution in [0.2, 0.25) is 0 Å². The van der Waals surface area contributed by atoms with Crippen LogP contribution in [-0.4, -0.2) is 29.4 Å². The first kappa shape index (κ1) is 10.8. The Kier molecular flexibility index (Phi) is 5.32. The number of carboxylic acid groups (broad SMARTS) is 1. The van der Waals surface area contributed by atoms with E-state index >= 15 is 0 Å². The third-order valence-corrected chi connectivity index (χ3v) is 1.63. The van der Waals surface area contributed by atoms with Crippen LogP contribution in [0.4, 0.5) is 0 Å². The van der Waals surface area contributed by atoms with Crippen molar-refractivity contribution in [2.75, 3.05) is 12.3 Å². The van der Waals surface area contributed by atoms with Gasteiger partial charge in [0.25, 0.3) is 0 Å². The number of nitrogens with one attached hydrogen (secondary N) is 1. The first-order valence-corrected chi connectivity index (χ1v) is 4.30. The fraction of sp³-hybridized carbons (Fsp3) is 0.857. The molecule has 0 aromatic carbocycles. The second-order valence-electron chi connectivity index (χ2n) is 2.74. The highest BCUT2D eigenvalue weighted by Gasteiger charge is 2.19. The molecule has 66 valence electrons. The summed E-state index contributed by atoms with van der Waals surface area (Å²) in [5.41, 5.74) is 0. The topological polar surface area (TPSA) is 49.3 Å². The van der Waals surface area contributed by atoms with Crippen molar-refractivity contribution in [3.05, 3.63) is 0 Å². The van der Waals surface area contributed by atoms with Gasteiger partial charge in [0.15, 0.2) is 0 Å². The van der Waals surface area contributed by atoms with Crippen LogP contribution in [0.3, 0.4) is 0 Å². The molecule has 3 nitrogen and oxygen atoms in total. The van der Waals surface area contributed by atoms with Gasteiger partial charge in [0.2, 0.25) is 0 Å². The standard InChI is InChI=1S/C7H15NO2S/c1-5(2)6(7(9)10)8-3-4-11/h5-6,8,11H,3-4H2,1-2H3,(H,9,10). The lowest BCUT2D eigenvalue weighted by molar-refractivity contribution is -0.140. The summed E-state index contributed by atoms with van der Waals surface area (Å²) < 4.78 is 0. The van der Waals surface area contributed by atoms with Crippen LogP contribution in [0.1, 0.15) is 13.8 Å². The molecule has 0 aliphatic carbocycles. The van der Waals surface area contributed by atoms with Crippen LogP contribution >= 0.6 is 12.6 Å². The molecule has 0 fully saturated rings. The van der Waals surface area contributed by atoms with Gasteiger partial charge in [-0.25, -0.2) is 0 Å². The van der Waals surface area contributed by atoms with E-state index in [0.29, 0.717) is 12.3 Å². The molecule has 2 N–H and O–H groups in total. The Labute approximate surface area is 72.6 Å². The van der Waals surface area contributed by atoms with Crippen molar-refractivity contribution >= 4 is 18.6 Å². The molecule has 4 heteroatoms. The number of hydrogen-bond donors (Lipinski definition) is 3. The maximum Gasteiger partial charge on any atom is 0.320 e. The minimum Gasteiger partial charge on any atom is -0.480 e. The van der Waals surface area contributed by atoms with Crippen LogP contribution in [0.5, 0.6) is 0 Å². The van der Waals surface area contributed by atoms with Gasteiger partial charge in [-0.15, -0.1) is 0 Å². The summed E-state index contributed by atoms with van der Waals surface area (Å²) in [5, 5.41) is 11.6. The van der Waals surface area contributed by atoms with Gasteiger partial charge in [-0.2, -0.15) is 12.6 Å². The Morgan fingerprint density at radius 3 is 2.45 bits per heavy atom. The highest BCUT2D eigenvalue weighted by molar-refractivity contribution is 7.80. The van der Waals surface area contributed by atoms with E-state index in [0.717, 1.165) is 0 Å². The molecule has 0 aliphatic rings.